The molecule has 7 heteroatoms. The van der Waals surface area contributed by atoms with Gasteiger partial charge in [0.1, 0.15) is 17.2 Å². The number of hydrogen-bond acceptors (Lipinski definition) is 6. The number of likely N-dealkylation sites (tertiary alicyclic amines) is 1. The van der Waals surface area contributed by atoms with Gasteiger partial charge in [-0.15, -0.1) is 0 Å². The topological polar surface area (TPSA) is 67.9 Å². The van der Waals surface area contributed by atoms with Gasteiger partial charge in [-0.3, -0.25) is 0 Å². The lowest BCUT2D eigenvalue weighted by Crippen LogP contribution is -2.38. The molecule has 0 spiro atoms. The first-order chi connectivity index (χ1) is 22.5. The van der Waals surface area contributed by atoms with E-state index in [2.05, 4.69) is 23.1 Å². The molecule has 0 N–H and O–H groups in total. The lowest BCUT2D eigenvalue weighted by atomic mass is 9.63. The fourth-order valence-corrected chi connectivity index (χ4v) is 8.06. The molecular formula is C39H45FN2O4. The number of benzene rings is 3. The van der Waals surface area contributed by atoms with Gasteiger partial charge in [-0.2, -0.15) is 5.26 Å². The van der Waals surface area contributed by atoms with E-state index in [0.717, 1.165) is 93.3 Å². The van der Waals surface area contributed by atoms with Crippen LogP contribution >= 0.6 is 0 Å². The quantitative estimate of drug-likeness (QED) is 0.166. The van der Waals surface area contributed by atoms with Crippen LogP contribution in [0, 0.1) is 23.1 Å². The molecule has 1 saturated carbocycles. The second-order valence-corrected chi connectivity index (χ2v) is 12.9. The van der Waals surface area contributed by atoms with E-state index in [9.17, 15) is 9.65 Å². The van der Waals surface area contributed by atoms with Crippen LogP contribution in [-0.2, 0) is 5.41 Å². The van der Waals surface area contributed by atoms with Crippen molar-refractivity contribution in [2.45, 2.75) is 69.1 Å². The van der Waals surface area contributed by atoms with Crippen molar-refractivity contribution in [2.75, 3.05) is 41.0 Å². The SMILES string of the molecule is COc1cc(C(C#N)(CCCN2CCC(c3c(-c4ccccc4)oc4cc(F)ccc34)CC2)C2CCCCC2)cc(OC)c1OC. The largest absolute Gasteiger partial charge is 0.493 e. The van der Waals surface area contributed by atoms with Gasteiger partial charge in [0.05, 0.1) is 32.8 Å². The van der Waals surface area contributed by atoms with E-state index in [1.165, 1.54) is 24.1 Å². The molecule has 1 aliphatic heterocycles. The van der Waals surface area contributed by atoms with Crippen molar-refractivity contribution in [1.29, 1.82) is 5.26 Å². The number of rotatable bonds is 11. The molecule has 6 nitrogen and oxygen atoms in total. The van der Waals surface area contributed by atoms with Crippen molar-refractivity contribution >= 4 is 11.0 Å². The maximum atomic E-state index is 14.1. The van der Waals surface area contributed by atoms with Crippen LogP contribution in [0.2, 0.25) is 0 Å². The van der Waals surface area contributed by atoms with Crippen LogP contribution in [0.3, 0.4) is 0 Å². The summed E-state index contributed by atoms with van der Waals surface area (Å²) in [4.78, 5) is 2.54. The summed E-state index contributed by atoms with van der Waals surface area (Å²) in [7, 11) is 4.87. The van der Waals surface area contributed by atoms with E-state index in [1.807, 2.05) is 36.4 Å². The van der Waals surface area contributed by atoms with Gasteiger partial charge < -0.3 is 23.5 Å². The molecule has 1 unspecified atom stereocenters. The second kappa shape index (κ2) is 14.2. The Morgan fingerprint density at radius 1 is 0.891 bits per heavy atom. The van der Waals surface area contributed by atoms with Crippen LogP contribution in [0.15, 0.2) is 65.1 Å². The summed E-state index contributed by atoms with van der Waals surface area (Å²) in [6, 6.07) is 21.9. The Bertz CT molecular complexity index is 1640. The first-order valence-corrected chi connectivity index (χ1v) is 16.7. The highest BCUT2D eigenvalue weighted by atomic mass is 19.1. The molecule has 2 aliphatic rings. The minimum atomic E-state index is -0.624. The number of ether oxygens (including phenoxy) is 3. The highest BCUT2D eigenvalue weighted by molar-refractivity contribution is 5.88. The van der Waals surface area contributed by atoms with Crippen molar-refractivity contribution in [3.8, 4) is 34.6 Å². The van der Waals surface area contributed by atoms with Crippen molar-refractivity contribution in [3.63, 3.8) is 0 Å². The van der Waals surface area contributed by atoms with E-state index in [-0.39, 0.29) is 11.7 Å². The van der Waals surface area contributed by atoms with Gasteiger partial charge in [0.25, 0.3) is 0 Å². The Morgan fingerprint density at radius 3 is 2.22 bits per heavy atom. The molecule has 1 saturated heterocycles. The zero-order valence-electron chi connectivity index (χ0n) is 27.3. The molecule has 3 aromatic carbocycles. The maximum Gasteiger partial charge on any atom is 0.203 e. The minimum absolute atomic E-state index is 0.282. The number of fused-ring (bicyclic) bond motifs is 1. The molecule has 242 valence electrons. The summed E-state index contributed by atoms with van der Waals surface area (Å²) in [6.45, 7) is 2.88. The Morgan fingerprint density at radius 2 is 1.59 bits per heavy atom. The Balaban J connectivity index is 1.19. The number of piperidine rings is 1. The van der Waals surface area contributed by atoms with Gasteiger partial charge in [-0.05, 0) is 99.8 Å². The van der Waals surface area contributed by atoms with E-state index in [4.69, 9.17) is 18.6 Å². The molecule has 1 aromatic heterocycles. The predicted molar refractivity (Wildman–Crippen MR) is 179 cm³/mol. The van der Waals surface area contributed by atoms with Crippen molar-refractivity contribution in [1.82, 2.24) is 4.90 Å². The smallest absolute Gasteiger partial charge is 0.203 e. The van der Waals surface area contributed by atoms with Crippen LogP contribution < -0.4 is 14.2 Å². The molecule has 0 radical (unpaired) electrons. The molecule has 2 fully saturated rings. The van der Waals surface area contributed by atoms with Gasteiger partial charge in [-0.1, -0.05) is 49.6 Å². The summed E-state index contributed by atoms with van der Waals surface area (Å²) < 4.78 is 37.4. The summed E-state index contributed by atoms with van der Waals surface area (Å²) in [5.41, 5.74) is 3.18. The third-order valence-corrected chi connectivity index (χ3v) is 10.4. The average molecular weight is 625 g/mol. The number of nitriles is 1. The molecule has 4 aromatic rings. The normalized spacial score (nSPS) is 17.8. The van der Waals surface area contributed by atoms with E-state index >= 15 is 0 Å². The van der Waals surface area contributed by atoms with Gasteiger partial charge in [0.2, 0.25) is 5.75 Å². The first-order valence-electron chi connectivity index (χ1n) is 16.7. The fourth-order valence-electron chi connectivity index (χ4n) is 8.06. The Hall–Kier alpha value is -4.02. The monoisotopic (exact) mass is 624 g/mol. The highest BCUT2D eigenvalue weighted by Crippen LogP contribution is 2.49. The minimum Gasteiger partial charge on any atom is -0.493 e. The van der Waals surface area contributed by atoms with Crippen LogP contribution in [0.5, 0.6) is 17.2 Å². The summed E-state index contributed by atoms with van der Waals surface area (Å²) >= 11 is 0. The van der Waals surface area contributed by atoms with E-state index in [1.54, 1.807) is 21.3 Å². The zero-order chi connectivity index (χ0) is 32.1. The number of methoxy groups -OCH3 is 3. The number of furan rings is 1. The van der Waals surface area contributed by atoms with Gasteiger partial charge in [0.15, 0.2) is 11.5 Å². The summed E-state index contributed by atoms with van der Waals surface area (Å²) in [5.74, 6) is 2.94. The third kappa shape index (κ3) is 6.20. The number of hydrogen-bond donors (Lipinski definition) is 0. The standard InChI is InChI=1S/C39H45FN2O4/c1-43-34-23-30(24-35(44-2)38(34)45-3)39(26-41,29-13-8-5-9-14-29)19-10-20-42-21-17-27(18-22-42)36-32-16-15-31(40)25-33(32)46-37(36)28-11-6-4-7-12-28/h4,6-7,11-12,15-16,23-25,27,29H,5,8-10,13-14,17-22H2,1-3H3. The molecule has 6 rings (SSSR count). The van der Waals surface area contributed by atoms with Crippen LogP contribution in [-0.4, -0.2) is 45.9 Å². The second-order valence-electron chi connectivity index (χ2n) is 12.9. The molecule has 0 amide bonds. The molecule has 0 bridgehead atoms. The van der Waals surface area contributed by atoms with Crippen LogP contribution in [0.25, 0.3) is 22.3 Å². The lowest BCUT2D eigenvalue weighted by Gasteiger charge is -2.39. The van der Waals surface area contributed by atoms with E-state index in [0.29, 0.717) is 28.7 Å². The molecular weight excluding hydrogens is 579 g/mol. The van der Waals surface area contributed by atoms with E-state index < -0.39 is 5.41 Å². The summed E-state index contributed by atoms with van der Waals surface area (Å²) in [5, 5.41) is 11.9. The maximum absolute atomic E-state index is 14.1. The Kier molecular flexibility index (Phi) is 9.84. The molecule has 46 heavy (non-hydrogen) atoms. The van der Waals surface area contributed by atoms with Gasteiger partial charge >= 0.3 is 0 Å². The van der Waals surface area contributed by atoms with Crippen LogP contribution in [0.4, 0.5) is 4.39 Å². The average Bonchev–Trinajstić information content (AvgIpc) is 3.49. The summed E-state index contributed by atoms with van der Waals surface area (Å²) in [6.07, 6.45) is 9.38. The van der Waals surface area contributed by atoms with Crippen molar-refractivity contribution in [2.24, 2.45) is 5.92 Å². The Labute approximate surface area is 272 Å². The van der Waals surface area contributed by atoms with Gasteiger partial charge in [-0.25, -0.2) is 4.39 Å². The van der Waals surface area contributed by atoms with Gasteiger partial charge in [0, 0.05) is 22.6 Å². The fraction of sp³-hybridized carbons (Fsp3) is 0.462. The third-order valence-electron chi connectivity index (χ3n) is 10.4. The van der Waals surface area contributed by atoms with Crippen molar-refractivity contribution in [3.05, 3.63) is 77.6 Å². The first kappa shape index (κ1) is 31.9. The number of nitrogens with zero attached hydrogens (tertiary/aromatic N) is 2. The zero-order valence-corrected chi connectivity index (χ0v) is 27.3. The van der Waals surface area contributed by atoms with Crippen molar-refractivity contribution < 1.29 is 23.0 Å². The molecule has 1 aliphatic carbocycles. The van der Waals surface area contributed by atoms with Crippen LogP contribution in [0.1, 0.15) is 74.8 Å². The molecule has 1 atom stereocenters. The molecule has 2 heterocycles. The highest BCUT2D eigenvalue weighted by Gasteiger charge is 2.42. The lowest BCUT2D eigenvalue weighted by molar-refractivity contribution is 0.188. The number of halogens is 1. The predicted octanol–water partition coefficient (Wildman–Crippen LogP) is 9.27.